The van der Waals surface area contributed by atoms with E-state index in [1.807, 2.05) is 121 Å². The molecule has 2 atom stereocenters. The van der Waals surface area contributed by atoms with Crippen LogP contribution < -0.4 is 10.6 Å². The number of rotatable bonds is 17. The van der Waals surface area contributed by atoms with Gasteiger partial charge in [0.05, 0.1) is 0 Å². The third-order valence-electron chi connectivity index (χ3n) is 6.58. The summed E-state index contributed by atoms with van der Waals surface area (Å²) in [6.07, 6.45) is -1.56. The predicted molar refractivity (Wildman–Crippen MR) is 184 cm³/mol. The molecule has 250 valence electrons. The molecule has 0 spiro atoms. The van der Waals surface area contributed by atoms with E-state index in [0.717, 1.165) is 22.3 Å². The number of hydrogen-bond acceptors (Lipinski definition) is 10. The van der Waals surface area contributed by atoms with Gasteiger partial charge in [-0.05, 0) is 22.3 Å². The summed E-state index contributed by atoms with van der Waals surface area (Å²) in [5, 5.41) is 5.17. The second-order valence-corrected chi connectivity index (χ2v) is 12.8. The highest BCUT2D eigenvalue weighted by molar-refractivity contribution is 8.76. The van der Waals surface area contributed by atoms with Gasteiger partial charge in [0, 0.05) is 11.5 Å². The zero-order valence-electron chi connectivity index (χ0n) is 26.0. The zero-order chi connectivity index (χ0) is 33.8. The van der Waals surface area contributed by atoms with Gasteiger partial charge in [-0.2, -0.15) is 0 Å². The van der Waals surface area contributed by atoms with Gasteiger partial charge < -0.3 is 29.6 Å². The van der Waals surface area contributed by atoms with Crippen molar-refractivity contribution in [2.75, 3.05) is 11.5 Å². The van der Waals surface area contributed by atoms with Gasteiger partial charge in [-0.3, -0.25) is 0 Å². The number of nitrogens with one attached hydrogen (secondary N) is 2. The summed E-state index contributed by atoms with van der Waals surface area (Å²) in [5.41, 5.74) is 3.17. The van der Waals surface area contributed by atoms with Crippen LogP contribution in [0.4, 0.5) is 9.59 Å². The highest BCUT2D eigenvalue weighted by Crippen LogP contribution is 2.24. The van der Waals surface area contributed by atoms with Gasteiger partial charge in [0.25, 0.3) is 0 Å². The van der Waals surface area contributed by atoms with E-state index in [4.69, 9.17) is 18.9 Å². The molecule has 0 unspecified atom stereocenters. The third-order valence-corrected chi connectivity index (χ3v) is 9.00. The number of hydrogen-bond donors (Lipinski definition) is 2. The molecule has 0 aromatic heterocycles. The topological polar surface area (TPSA) is 129 Å². The summed E-state index contributed by atoms with van der Waals surface area (Å²) in [4.78, 5) is 51.4. The molecule has 2 amide bonds. The quantitative estimate of drug-likeness (QED) is 0.0553. The van der Waals surface area contributed by atoms with Crippen LogP contribution >= 0.6 is 21.6 Å². The molecule has 48 heavy (non-hydrogen) atoms. The van der Waals surface area contributed by atoms with E-state index in [0.29, 0.717) is 0 Å². The smallest absolute Gasteiger partial charge is 0.408 e. The maximum Gasteiger partial charge on any atom is 0.408 e. The lowest BCUT2D eigenvalue weighted by Crippen LogP contribution is -2.44. The molecule has 12 heteroatoms. The normalized spacial score (nSPS) is 11.8. The van der Waals surface area contributed by atoms with Crippen molar-refractivity contribution in [3.63, 3.8) is 0 Å². The van der Waals surface area contributed by atoms with Crippen LogP contribution in [0.5, 0.6) is 0 Å². The van der Waals surface area contributed by atoms with E-state index >= 15 is 0 Å². The first-order valence-electron chi connectivity index (χ1n) is 15.1. The Morgan fingerprint density at radius 2 is 0.708 bits per heavy atom. The Balaban J connectivity index is 1.33. The van der Waals surface area contributed by atoms with Gasteiger partial charge in [0.1, 0.15) is 38.5 Å². The SMILES string of the molecule is O=C(N[C@@H](CSSC[C@H](NC(=O)OCc1ccccc1)C(=O)OCc1ccccc1)C(=O)OCc1ccccc1)OCc1ccccc1. The molecule has 0 aliphatic heterocycles. The van der Waals surface area contributed by atoms with Crippen LogP contribution in [-0.2, 0) is 55.0 Å². The molecule has 0 heterocycles. The summed E-state index contributed by atoms with van der Waals surface area (Å²) in [7, 11) is 2.42. The van der Waals surface area contributed by atoms with E-state index in [9.17, 15) is 19.2 Å². The fourth-order valence-corrected chi connectivity index (χ4v) is 6.34. The lowest BCUT2D eigenvalue weighted by atomic mass is 10.2. The lowest BCUT2D eigenvalue weighted by Gasteiger charge is -2.19. The molecular weight excluding hydrogens is 653 g/mol. The first-order valence-corrected chi connectivity index (χ1v) is 17.5. The Morgan fingerprint density at radius 3 is 1.00 bits per heavy atom. The highest BCUT2D eigenvalue weighted by Gasteiger charge is 2.26. The predicted octanol–water partition coefficient (Wildman–Crippen LogP) is 6.44. The molecule has 10 nitrogen and oxygen atoms in total. The Kier molecular flexibility index (Phi) is 15.2. The average Bonchev–Trinajstić information content (AvgIpc) is 3.13. The van der Waals surface area contributed by atoms with Crippen LogP contribution in [0.2, 0.25) is 0 Å². The summed E-state index contributed by atoms with van der Waals surface area (Å²) in [6, 6.07) is 34.5. The molecule has 4 rings (SSSR count). The molecule has 0 aliphatic rings. The zero-order valence-corrected chi connectivity index (χ0v) is 27.7. The number of ether oxygens (including phenoxy) is 4. The van der Waals surface area contributed by atoms with Crippen LogP contribution in [0, 0.1) is 0 Å². The number of esters is 2. The van der Waals surface area contributed by atoms with E-state index in [1.165, 1.54) is 21.6 Å². The lowest BCUT2D eigenvalue weighted by molar-refractivity contribution is -0.147. The van der Waals surface area contributed by atoms with E-state index in [1.54, 1.807) is 0 Å². The maximum absolute atomic E-state index is 13.1. The molecule has 2 N–H and O–H groups in total. The number of benzene rings is 4. The fourth-order valence-electron chi connectivity index (χ4n) is 4.04. The van der Waals surface area contributed by atoms with Crippen LogP contribution in [0.3, 0.4) is 0 Å². The molecule has 4 aromatic rings. The molecule has 4 aromatic carbocycles. The van der Waals surface area contributed by atoms with Crippen molar-refractivity contribution < 1.29 is 38.1 Å². The van der Waals surface area contributed by atoms with Gasteiger partial charge >= 0.3 is 24.1 Å². The Hall–Kier alpha value is -4.94. The number of carbonyl (C=O) groups excluding carboxylic acids is 4. The molecular formula is C36H36N2O8S2. The number of carbonyl (C=O) groups is 4. The van der Waals surface area contributed by atoms with Gasteiger partial charge in [0.15, 0.2) is 0 Å². The minimum atomic E-state index is -1.05. The van der Waals surface area contributed by atoms with Crippen LogP contribution in [-0.4, -0.2) is 47.7 Å². The molecule has 0 aliphatic carbocycles. The maximum atomic E-state index is 13.1. The highest BCUT2D eigenvalue weighted by atomic mass is 33.1. The van der Waals surface area contributed by atoms with Gasteiger partial charge in [-0.25, -0.2) is 19.2 Å². The second kappa shape index (κ2) is 20.3. The standard InChI is InChI=1S/C36H36N2O8S2/c39-33(43-21-27-13-5-1-6-14-27)31(37-35(41)45-23-29-17-9-3-10-18-29)25-47-48-26-32(34(40)44-22-28-15-7-2-8-16-28)38-36(42)46-24-30-19-11-4-12-20-30/h1-20,31-32H,21-26H2,(H,37,41)(H,38,42)/t31-,32-/m0/s1. The molecule has 0 bridgehead atoms. The molecule has 0 fully saturated rings. The summed E-state index contributed by atoms with van der Waals surface area (Å²) >= 11 is 0. The molecule has 0 saturated carbocycles. The van der Waals surface area contributed by atoms with Crippen molar-refractivity contribution in [1.29, 1.82) is 0 Å². The van der Waals surface area contributed by atoms with Crippen LogP contribution in [0.1, 0.15) is 22.3 Å². The van der Waals surface area contributed by atoms with Crippen LogP contribution in [0.15, 0.2) is 121 Å². The van der Waals surface area contributed by atoms with Crippen LogP contribution in [0.25, 0.3) is 0 Å². The van der Waals surface area contributed by atoms with Crippen molar-refractivity contribution in [1.82, 2.24) is 10.6 Å². The second-order valence-electron chi connectivity index (χ2n) is 10.3. The molecule has 0 radical (unpaired) electrons. The van der Waals surface area contributed by atoms with E-state index in [2.05, 4.69) is 10.6 Å². The Morgan fingerprint density at radius 1 is 0.438 bits per heavy atom. The van der Waals surface area contributed by atoms with Gasteiger partial charge in [-0.1, -0.05) is 143 Å². The Bertz CT molecular complexity index is 1450. The van der Waals surface area contributed by atoms with Crippen molar-refractivity contribution >= 4 is 45.7 Å². The van der Waals surface area contributed by atoms with Crippen molar-refractivity contribution in [2.45, 2.75) is 38.5 Å². The van der Waals surface area contributed by atoms with E-state index in [-0.39, 0.29) is 37.9 Å². The number of amides is 2. The van der Waals surface area contributed by atoms with E-state index < -0.39 is 36.2 Å². The van der Waals surface area contributed by atoms with Gasteiger partial charge in [0.2, 0.25) is 0 Å². The first-order chi connectivity index (χ1) is 23.5. The van der Waals surface area contributed by atoms with Crippen molar-refractivity contribution in [3.05, 3.63) is 144 Å². The minimum absolute atomic E-state index is 0.0269. The summed E-state index contributed by atoms with van der Waals surface area (Å²) < 4.78 is 21.6. The monoisotopic (exact) mass is 688 g/mol. The molecule has 0 saturated heterocycles. The third kappa shape index (κ3) is 13.4. The van der Waals surface area contributed by atoms with Gasteiger partial charge in [-0.15, -0.1) is 0 Å². The summed E-state index contributed by atoms with van der Waals surface area (Å²) in [5.74, 6) is -1.12. The van der Waals surface area contributed by atoms with Crippen molar-refractivity contribution in [2.24, 2.45) is 0 Å². The summed E-state index contributed by atoms with van der Waals surface area (Å²) in [6.45, 7) is 0.108. The first kappa shape index (κ1) is 35.9. The number of alkyl carbamates (subject to hydrolysis) is 2. The minimum Gasteiger partial charge on any atom is -0.459 e. The average molecular weight is 689 g/mol. The fraction of sp³-hybridized carbons (Fsp3) is 0.222. The largest absolute Gasteiger partial charge is 0.459 e. The van der Waals surface area contributed by atoms with Crippen molar-refractivity contribution in [3.8, 4) is 0 Å². The Labute approximate surface area is 287 Å².